The average molecular weight is 531 g/mol. The number of alkyl halides is 3. The van der Waals surface area contributed by atoms with Crippen molar-refractivity contribution in [3.05, 3.63) is 34.5 Å². The SMILES string of the molecule is CN[C@H]1CCCC[C@@H]1Nc1cc(F)c(S(=O)(=O)N(OC(=O)C(F)(F)F)c2nccs2)cc1Cl. The number of nitrogens with zero attached hydrogens (tertiary/aromatic N) is 2. The van der Waals surface area contributed by atoms with E-state index in [4.69, 9.17) is 11.6 Å². The van der Waals surface area contributed by atoms with Gasteiger partial charge in [0.15, 0.2) is 0 Å². The summed E-state index contributed by atoms with van der Waals surface area (Å²) in [6.45, 7) is 0. The lowest BCUT2D eigenvalue weighted by Crippen LogP contribution is -2.44. The zero-order chi connectivity index (χ0) is 24.4. The van der Waals surface area contributed by atoms with Gasteiger partial charge in [0.25, 0.3) is 0 Å². The Morgan fingerprint density at radius 2 is 1.94 bits per heavy atom. The van der Waals surface area contributed by atoms with Gasteiger partial charge in [0.05, 0.1) is 10.7 Å². The number of nitrogens with one attached hydrogen (secondary N) is 2. The molecule has 1 aliphatic rings. The van der Waals surface area contributed by atoms with Gasteiger partial charge in [-0.1, -0.05) is 28.9 Å². The van der Waals surface area contributed by atoms with Crippen molar-refractivity contribution >= 4 is 49.7 Å². The van der Waals surface area contributed by atoms with Crippen LogP contribution in [0.4, 0.5) is 28.4 Å². The van der Waals surface area contributed by atoms with Crippen molar-refractivity contribution in [3.63, 3.8) is 0 Å². The minimum Gasteiger partial charge on any atom is -0.379 e. The molecule has 2 atom stereocenters. The minimum atomic E-state index is -5.50. The van der Waals surface area contributed by atoms with Crippen LogP contribution in [0.1, 0.15) is 25.7 Å². The number of rotatable bonds is 7. The Kier molecular flexibility index (Phi) is 7.71. The van der Waals surface area contributed by atoms with Crippen LogP contribution < -0.4 is 15.1 Å². The number of hydrogen-bond donors (Lipinski definition) is 2. The van der Waals surface area contributed by atoms with Crippen LogP contribution in [0, 0.1) is 5.82 Å². The second-order valence-corrected chi connectivity index (χ2v) is 10.1. The quantitative estimate of drug-likeness (QED) is 0.411. The normalized spacial score (nSPS) is 19.2. The zero-order valence-electron chi connectivity index (χ0n) is 17.0. The highest BCUT2D eigenvalue weighted by Gasteiger charge is 2.46. The molecule has 2 N–H and O–H groups in total. The fourth-order valence-electron chi connectivity index (χ4n) is 3.40. The van der Waals surface area contributed by atoms with E-state index in [0.717, 1.165) is 44.0 Å². The van der Waals surface area contributed by atoms with E-state index < -0.39 is 38.0 Å². The highest BCUT2D eigenvalue weighted by molar-refractivity contribution is 7.92. The molecule has 1 aromatic heterocycles. The summed E-state index contributed by atoms with van der Waals surface area (Å²) in [7, 11) is -3.37. The second-order valence-electron chi connectivity index (χ2n) is 7.12. The number of aromatic nitrogens is 1. The van der Waals surface area contributed by atoms with Gasteiger partial charge in [0, 0.05) is 23.7 Å². The van der Waals surface area contributed by atoms with Crippen molar-refractivity contribution in [2.45, 2.75) is 48.8 Å². The molecule has 0 aliphatic heterocycles. The summed E-state index contributed by atoms with van der Waals surface area (Å²) >= 11 is 6.75. The average Bonchev–Trinajstić information content (AvgIpc) is 3.27. The van der Waals surface area contributed by atoms with Gasteiger partial charge < -0.3 is 15.5 Å². The Morgan fingerprint density at radius 1 is 1.27 bits per heavy atom. The molecule has 3 rings (SSSR count). The maximum absolute atomic E-state index is 14.9. The summed E-state index contributed by atoms with van der Waals surface area (Å²) in [5.74, 6) is -4.12. The van der Waals surface area contributed by atoms with Crippen LogP contribution in [0.15, 0.2) is 28.6 Å². The number of sulfonamides is 1. The van der Waals surface area contributed by atoms with Crippen molar-refractivity contribution in [2.75, 3.05) is 16.8 Å². The van der Waals surface area contributed by atoms with Gasteiger partial charge in [0.2, 0.25) is 5.13 Å². The molecule has 2 aromatic rings. The van der Waals surface area contributed by atoms with Crippen molar-refractivity contribution in [3.8, 4) is 0 Å². The molecule has 0 spiro atoms. The topological polar surface area (TPSA) is 101 Å². The smallest absolute Gasteiger partial charge is 0.379 e. The molecule has 8 nitrogen and oxygen atoms in total. The van der Waals surface area contributed by atoms with E-state index >= 15 is 0 Å². The van der Waals surface area contributed by atoms with Gasteiger partial charge in [-0.2, -0.15) is 21.6 Å². The number of likely N-dealkylation sites (N-methyl/N-ethyl adjacent to an activating group) is 1. The van der Waals surface area contributed by atoms with Gasteiger partial charge >= 0.3 is 22.2 Å². The van der Waals surface area contributed by atoms with E-state index in [9.17, 15) is 30.8 Å². The Balaban J connectivity index is 1.95. The lowest BCUT2D eigenvalue weighted by molar-refractivity contribution is -0.199. The van der Waals surface area contributed by atoms with Crippen LogP contribution >= 0.6 is 22.9 Å². The summed E-state index contributed by atoms with van der Waals surface area (Å²) in [6.07, 6.45) is -0.813. The van der Waals surface area contributed by atoms with Gasteiger partial charge in [-0.05, 0) is 32.0 Å². The summed E-state index contributed by atoms with van der Waals surface area (Å²) in [5, 5.41) is 6.66. The maximum atomic E-state index is 14.9. The Bertz CT molecular complexity index is 1100. The summed E-state index contributed by atoms with van der Waals surface area (Å²) in [6, 6.07) is 1.57. The molecule has 0 saturated heterocycles. The van der Waals surface area contributed by atoms with E-state index in [1.807, 2.05) is 0 Å². The van der Waals surface area contributed by atoms with Crippen LogP contribution in [0.5, 0.6) is 0 Å². The van der Waals surface area contributed by atoms with Gasteiger partial charge in [-0.25, -0.2) is 14.2 Å². The molecule has 1 heterocycles. The van der Waals surface area contributed by atoms with E-state index in [0.29, 0.717) is 11.3 Å². The van der Waals surface area contributed by atoms with Crippen molar-refractivity contribution < 1.29 is 35.6 Å². The molecule has 33 heavy (non-hydrogen) atoms. The van der Waals surface area contributed by atoms with Crippen molar-refractivity contribution in [1.29, 1.82) is 0 Å². The fraction of sp³-hybridized carbons (Fsp3) is 0.444. The largest absolute Gasteiger partial charge is 0.493 e. The second kappa shape index (κ2) is 9.99. The standard InChI is InChI=1S/C18H19ClF4N4O4S2/c1-24-12-4-2-3-5-13(12)26-14-9-11(20)15(8-10(14)19)33(29,30)27(17-25-6-7-32-17)31-16(28)18(21,22)23/h6-9,12-13,24,26H,2-5H2,1H3/t12-,13-/m0/s1. The molecule has 0 unspecified atom stereocenters. The Morgan fingerprint density at radius 3 is 2.52 bits per heavy atom. The molecule has 15 heteroatoms. The molecule has 1 fully saturated rings. The van der Waals surface area contributed by atoms with Gasteiger partial charge in [-0.3, -0.25) is 0 Å². The van der Waals surface area contributed by atoms with E-state index in [-0.39, 0.29) is 27.3 Å². The molecule has 1 aromatic carbocycles. The summed E-state index contributed by atoms with van der Waals surface area (Å²) in [5.41, 5.74) is 0.119. The summed E-state index contributed by atoms with van der Waals surface area (Å²) in [4.78, 5) is 17.8. The van der Waals surface area contributed by atoms with Crippen LogP contribution in [0.25, 0.3) is 0 Å². The first kappa shape index (κ1) is 25.5. The van der Waals surface area contributed by atoms with Crippen LogP contribution in [-0.4, -0.2) is 44.7 Å². The Hall–Kier alpha value is -2.16. The first-order valence-electron chi connectivity index (χ1n) is 9.62. The highest BCUT2D eigenvalue weighted by atomic mass is 35.5. The molecule has 0 amide bonds. The van der Waals surface area contributed by atoms with Crippen LogP contribution in [0.3, 0.4) is 0 Å². The number of anilines is 2. The number of hydrogen-bond acceptors (Lipinski definition) is 8. The third kappa shape index (κ3) is 5.67. The number of carbonyl (C=O) groups is 1. The lowest BCUT2D eigenvalue weighted by Gasteiger charge is -2.33. The predicted octanol–water partition coefficient (Wildman–Crippen LogP) is 4.09. The summed E-state index contributed by atoms with van der Waals surface area (Å²) < 4.78 is 78.6. The monoisotopic (exact) mass is 530 g/mol. The third-order valence-corrected chi connectivity index (χ3v) is 7.69. The first-order valence-corrected chi connectivity index (χ1v) is 12.3. The lowest BCUT2D eigenvalue weighted by atomic mass is 9.90. The molecule has 1 saturated carbocycles. The van der Waals surface area contributed by atoms with E-state index in [2.05, 4.69) is 20.5 Å². The maximum Gasteiger partial charge on any atom is 0.493 e. The first-order chi connectivity index (χ1) is 15.4. The van der Waals surface area contributed by atoms with Gasteiger partial charge in [-0.15, -0.1) is 11.3 Å². The Labute approximate surface area is 195 Å². The van der Waals surface area contributed by atoms with E-state index in [1.54, 1.807) is 7.05 Å². The molecule has 0 radical (unpaired) electrons. The number of carbonyl (C=O) groups excluding carboxylic acids is 1. The fourth-order valence-corrected chi connectivity index (χ4v) is 5.76. The zero-order valence-corrected chi connectivity index (χ0v) is 19.4. The third-order valence-electron chi connectivity index (χ3n) is 4.97. The van der Waals surface area contributed by atoms with Gasteiger partial charge in [0.1, 0.15) is 10.7 Å². The number of halogens is 5. The van der Waals surface area contributed by atoms with Crippen LogP contribution in [-0.2, 0) is 19.7 Å². The van der Waals surface area contributed by atoms with E-state index in [1.165, 1.54) is 5.38 Å². The number of benzene rings is 1. The van der Waals surface area contributed by atoms with Crippen molar-refractivity contribution in [2.24, 2.45) is 0 Å². The van der Waals surface area contributed by atoms with Crippen LogP contribution in [0.2, 0.25) is 5.02 Å². The number of thiazole rings is 1. The highest BCUT2D eigenvalue weighted by Crippen LogP contribution is 2.34. The van der Waals surface area contributed by atoms with Crippen molar-refractivity contribution in [1.82, 2.24) is 10.3 Å². The molecule has 1 aliphatic carbocycles. The minimum absolute atomic E-state index is 0.0865. The predicted molar refractivity (Wildman–Crippen MR) is 114 cm³/mol. The molecular formula is C18H19ClF4N4O4S2. The molecule has 182 valence electrons. The molecule has 0 bridgehead atoms. The molecular weight excluding hydrogens is 512 g/mol.